The van der Waals surface area contributed by atoms with E-state index < -0.39 is 6.08 Å². The van der Waals surface area contributed by atoms with Crippen molar-refractivity contribution < 1.29 is 8.78 Å². The molecule has 2 aliphatic rings. The van der Waals surface area contributed by atoms with Crippen LogP contribution in [-0.2, 0) is 6.42 Å². The van der Waals surface area contributed by atoms with E-state index in [0.29, 0.717) is 0 Å². The quantitative estimate of drug-likeness (QED) is 0.484. The summed E-state index contributed by atoms with van der Waals surface area (Å²) in [6.07, 6.45) is 12.9. The van der Waals surface area contributed by atoms with Gasteiger partial charge in [-0.15, -0.1) is 0 Å². The summed E-state index contributed by atoms with van der Waals surface area (Å²) < 4.78 is 24.8. The molecular formula is C24H34F2. The Morgan fingerprint density at radius 1 is 0.885 bits per heavy atom. The largest absolute Gasteiger partial charge is 0.266 e. The van der Waals surface area contributed by atoms with Gasteiger partial charge in [0.25, 0.3) is 6.08 Å². The van der Waals surface area contributed by atoms with E-state index in [-0.39, 0.29) is 5.92 Å². The second-order valence-electron chi connectivity index (χ2n) is 8.59. The van der Waals surface area contributed by atoms with E-state index in [1.54, 1.807) is 0 Å². The van der Waals surface area contributed by atoms with Gasteiger partial charge in [0.05, 0.1) is 0 Å². The Morgan fingerprint density at radius 3 is 2.00 bits per heavy atom. The van der Waals surface area contributed by atoms with Crippen LogP contribution in [-0.4, -0.2) is 0 Å². The average Bonchev–Trinajstić information content (AvgIpc) is 2.67. The van der Waals surface area contributed by atoms with Crippen LogP contribution in [0.5, 0.6) is 0 Å². The Bertz CT molecular complexity index is 554. The van der Waals surface area contributed by atoms with Crippen LogP contribution in [0.1, 0.15) is 88.2 Å². The molecule has 1 aromatic rings. The minimum atomic E-state index is -1.49. The first-order valence-electron chi connectivity index (χ1n) is 10.8. The Kier molecular flexibility index (Phi) is 7.28. The van der Waals surface area contributed by atoms with Gasteiger partial charge in [-0.1, -0.05) is 37.6 Å². The van der Waals surface area contributed by atoms with E-state index in [9.17, 15) is 8.78 Å². The van der Waals surface area contributed by atoms with Gasteiger partial charge < -0.3 is 0 Å². The predicted octanol–water partition coefficient (Wildman–Crippen LogP) is 7.89. The Morgan fingerprint density at radius 2 is 1.46 bits per heavy atom. The molecular weight excluding hydrogens is 326 g/mol. The average molecular weight is 361 g/mol. The molecule has 0 amide bonds. The van der Waals surface area contributed by atoms with Crippen LogP contribution in [0, 0.1) is 17.8 Å². The minimum Gasteiger partial charge on any atom is -0.174 e. The maximum atomic E-state index is 12.4. The van der Waals surface area contributed by atoms with Gasteiger partial charge >= 0.3 is 0 Å². The molecule has 1 aromatic carbocycles. The van der Waals surface area contributed by atoms with Crippen molar-refractivity contribution in [3.8, 4) is 0 Å². The zero-order valence-corrected chi connectivity index (χ0v) is 16.2. The van der Waals surface area contributed by atoms with Crippen LogP contribution in [0.2, 0.25) is 0 Å². The molecule has 0 spiro atoms. The number of aryl methyl sites for hydroxylation is 1. The highest BCUT2D eigenvalue weighted by atomic mass is 19.3. The second kappa shape index (κ2) is 9.67. The van der Waals surface area contributed by atoms with Gasteiger partial charge in [-0.2, -0.15) is 8.78 Å². The van der Waals surface area contributed by atoms with Crippen molar-refractivity contribution in [1.29, 1.82) is 0 Å². The lowest BCUT2D eigenvalue weighted by Crippen LogP contribution is -2.25. The summed E-state index contributed by atoms with van der Waals surface area (Å²) in [6.45, 7) is 2.25. The highest BCUT2D eigenvalue weighted by Gasteiger charge is 2.31. The van der Waals surface area contributed by atoms with Crippen LogP contribution in [0.3, 0.4) is 0 Å². The molecule has 0 heterocycles. The van der Waals surface area contributed by atoms with E-state index in [4.69, 9.17) is 0 Å². The lowest BCUT2D eigenvalue weighted by Gasteiger charge is -2.37. The second-order valence-corrected chi connectivity index (χ2v) is 8.59. The fourth-order valence-electron chi connectivity index (χ4n) is 5.22. The summed E-state index contributed by atoms with van der Waals surface area (Å²) in [4.78, 5) is 0. The molecule has 0 bridgehead atoms. The monoisotopic (exact) mass is 360 g/mol. The maximum absolute atomic E-state index is 12.4. The Hall–Kier alpha value is -1.18. The van der Waals surface area contributed by atoms with Crippen molar-refractivity contribution in [2.75, 3.05) is 0 Å². The van der Waals surface area contributed by atoms with Gasteiger partial charge in [0.2, 0.25) is 0 Å². The number of hydrogen-bond donors (Lipinski definition) is 0. The maximum Gasteiger partial charge on any atom is 0.266 e. The van der Waals surface area contributed by atoms with Crippen molar-refractivity contribution >= 4 is 0 Å². The van der Waals surface area contributed by atoms with Crippen molar-refractivity contribution in [2.24, 2.45) is 17.8 Å². The van der Waals surface area contributed by atoms with E-state index in [2.05, 4.69) is 31.2 Å². The molecule has 0 aromatic heterocycles. The van der Waals surface area contributed by atoms with Gasteiger partial charge in [-0.3, -0.25) is 0 Å². The molecule has 2 fully saturated rings. The van der Waals surface area contributed by atoms with E-state index >= 15 is 0 Å². The summed E-state index contributed by atoms with van der Waals surface area (Å²) in [5.74, 6) is 2.46. The highest BCUT2D eigenvalue weighted by molar-refractivity contribution is 5.26. The summed E-state index contributed by atoms with van der Waals surface area (Å²) in [5, 5.41) is 0. The van der Waals surface area contributed by atoms with Gasteiger partial charge in [0.1, 0.15) is 0 Å². The predicted molar refractivity (Wildman–Crippen MR) is 106 cm³/mol. The van der Waals surface area contributed by atoms with Gasteiger partial charge in [0.15, 0.2) is 0 Å². The third-order valence-electron chi connectivity index (χ3n) is 6.89. The topological polar surface area (TPSA) is 0 Å². The molecule has 2 aliphatic carbocycles. The lowest BCUT2D eigenvalue weighted by atomic mass is 9.68. The molecule has 2 heteroatoms. The number of hydrogen-bond acceptors (Lipinski definition) is 0. The minimum absolute atomic E-state index is 0.124. The van der Waals surface area contributed by atoms with Crippen molar-refractivity contribution in [1.82, 2.24) is 0 Å². The van der Waals surface area contributed by atoms with Gasteiger partial charge in [0, 0.05) is 0 Å². The number of halogens is 2. The first-order valence-corrected chi connectivity index (χ1v) is 10.8. The van der Waals surface area contributed by atoms with Crippen LogP contribution in [0.15, 0.2) is 36.4 Å². The standard InChI is InChI=1S/C24H34F2/c1-2-3-4-18-5-9-20(10-6-18)22-13-15-23(16-14-22)21-11-7-19(8-12-21)17-24(25)26/h5-6,9-10,17,19,21-23H,2-4,7-8,11-16H2,1H3. The van der Waals surface area contributed by atoms with Crippen molar-refractivity contribution in [2.45, 2.75) is 83.5 Å². The first-order chi connectivity index (χ1) is 12.7. The third-order valence-corrected chi connectivity index (χ3v) is 6.89. The van der Waals surface area contributed by atoms with E-state index in [1.807, 2.05) is 0 Å². The van der Waals surface area contributed by atoms with E-state index in [1.165, 1.54) is 62.1 Å². The van der Waals surface area contributed by atoms with Crippen LogP contribution < -0.4 is 0 Å². The molecule has 2 saturated carbocycles. The molecule has 0 N–H and O–H groups in total. The van der Waals surface area contributed by atoms with Gasteiger partial charge in [-0.05, 0) is 105 Å². The van der Waals surface area contributed by atoms with E-state index in [0.717, 1.165) is 43.4 Å². The SMILES string of the molecule is CCCCc1ccc(C2CCC(C3CCC(C=C(F)F)CC3)CC2)cc1. The van der Waals surface area contributed by atoms with Gasteiger partial charge in [-0.25, -0.2) is 0 Å². The van der Waals surface area contributed by atoms with Crippen LogP contribution in [0.4, 0.5) is 8.78 Å². The summed E-state index contributed by atoms with van der Waals surface area (Å²) in [6, 6.07) is 9.38. The molecule has 0 atom stereocenters. The van der Waals surface area contributed by atoms with Crippen LogP contribution >= 0.6 is 0 Å². The first kappa shape index (κ1) is 19.6. The molecule has 26 heavy (non-hydrogen) atoms. The van der Waals surface area contributed by atoms with Crippen molar-refractivity contribution in [3.05, 3.63) is 47.5 Å². The molecule has 144 valence electrons. The number of allylic oxidation sites excluding steroid dienone is 1. The number of benzene rings is 1. The third kappa shape index (κ3) is 5.41. The molecule has 0 unspecified atom stereocenters. The Balaban J connectivity index is 1.45. The van der Waals surface area contributed by atoms with Crippen LogP contribution in [0.25, 0.3) is 0 Å². The molecule has 0 aliphatic heterocycles. The highest BCUT2D eigenvalue weighted by Crippen LogP contribution is 2.44. The van der Waals surface area contributed by atoms with Crippen molar-refractivity contribution in [3.63, 3.8) is 0 Å². The zero-order valence-electron chi connectivity index (χ0n) is 16.2. The number of unbranched alkanes of at least 4 members (excludes halogenated alkanes) is 1. The molecule has 0 saturated heterocycles. The fourth-order valence-corrected chi connectivity index (χ4v) is 5.22. The zero-order chi connectivity index (χ0) is 18.4. The molecule has 0 radical (unpaired) electrons. The lowest BCUT2D eigenvalue weighted by molar-refractivity contribution is 0.170. The fraction of sp³-hybridized carbons (Fsp3) is 0.667. The molecule has 3 rings (SSSR count). The smallest absolute Gasteiger partial charge is 0.174 e. The number of rotatable bonds is 6. The summed E-state index contributed by atoms with van der Waals surface area (Å²) in [7, 11) is 0. The normalized spacial score (nSPS) is 29.3. The summed E-state index contributed by atoms with van der Waals surface area (Å²) in [5.41, 5.74) is 3.00. The Labute approximate surface area is 158 Å². The summed E-state index contributed by atoms with van der Waals surface area (Å²) >= 11 is 0. The molecule has 0 nitrogen and oxygen atoms in total.